The van der Waals surface area contributed by atoms with Gasteiger partial charge in [0.25, 0.3) is 0 Å². The maximum absolute atomic E-state index is 4.04. The number of thioether (sulfide) groups is 1. The van der Waals surface area contributed by atoms with Crippen LogP contribution in [0.1, 0.15) is 13.3 Å². The van der Waals surface area contributed by atoms with Crippen molar-refractivity contribution in [1.82, 2.24) is 10.2 Å². The molecule has 0 aliphatic rings. The molecule has 0 fully saturated rings. The van der Waals surface area contributed by atoms with Gasteiger partial charge in [-0.2, -0.15) is 0 Å². The molecule has 1 heterocycles. The van der Waals surface area contributed by atoms with E-state index in [9.17, 15) is 0 Å². The fourth-order valence-electron chi connectivity index (χ4n) is 0.688. The molecule has 72 valence electrons. The van der Waals surface area contributed by atoms with Gasteiger partial charge in [-0.05, 0) is 6.42 Å². The molecule has 0 bridgehead atoms. The fourth-order valence-corrected chi connectivity index (χ4v) is 2.37. The van der Waals surface area contributed by atoms with Gasteiger partial charge in [-0.3, -0.25) is 0 Å². The van der Waals surface area contributed by atoms with E-state index in [1.807, 2.05) is 0 Å². The lowest BCUT2D eigenvalue weighted by molar-refractivity contribution is 1.00. The highest BCUT2D eigenvalue weighted by atomic mass is 32.2. The van der Waals surface area contributed by atoms with E-state index >= 15 is 0 Å². The molecule has 1 N–H and O–H groups in total. The largest absolute Gasteiger partial charge is 0.357 e. The molecular weight excluding hydrogens is 202 g/mol. The molecule has 0 atom stereocenters. The molecule has 0 radical (unpaired) electrons. The Labute approximate surface area is 86.7 Å². The number of aromatic nitrogens is 2. The monoisotopic (exact) mass is 215 g/mol. The molecule has 1 rings (SSSR count). The first-order valence-electron chi connectivity index (χ1n) is 4.18. The Morgan fingerprint density at radius 2 is 2.46 bits per heavy atom. The number of nitrogens with zero attached hydrogens (tertiary/aromatic N) is 2. The second-order valence-electron chi connectivity index (χ2n) is 2.39. The zero-order chi connectivity index (χ0) is 9.52. The lowest BCUT2D eigenvalue weighted by Crippen LogP contribution is -1.96. The molecule has 0 saturated carbocycles. The van der Waals surface area contributed by atoms with Crippen molar-refractivity contribution in [1.29, 1.82) is 0 Å². The third kappa shape index (κ3) is 3.78. The number of rotatable bonds is 6. The maximum Gasteiger partial charge on any atom is 0.206 e. The van der Waals surface area contributed by atoms with Crippen LogP contribution in [-0.2, 0) is 0 Å². The Hall–Kier alpha value is -0.550. The summed E-state index contributed by atoms with van der Waals surface area (Å²) in [6.07, 6.45) is 2.97. The quantitative estimate of drug-likeness (QED) is 0.585. The van der Waals surface area contributed by atoms with Gasteiger partial charge in [0.05, 0.1) is 0 Å². The van der Waals surface area contributed by atoms with Crippen molar-refractivity contribution in [3.8, 4) is 0 Å². The number of hydrogen-bond acceptors (Lipinski definition) is 5. The normalized spacial score (nSPS) is 9.92. The summed E-state index contributed by atoms with van der Waals surface area (Å²) in [5.74, 6) is 1.11. The van der Waals surface area contributed by atoms with Crippen LogP contribution in [0.5, 0.6) is 0 Å². The molecule has 3 nitrogen and oxygen atoms in total. The molecule has 0 unspecified atom stereocenters. The van der Waals surface area contributed by atoms with E-state index in [0.717, 1.165) is 21.8 Å². The fraction of sp³-hybridized carbons (Fsp3) is 0.500. The van der Waals surface area contributed by atoms with E-state index in [4.69, 9.17) is 0 Å². The molecule has 0 amide bonds. The van der Waals surface area contributed by atoms with E-state index in [0.29, 0.717) is 0 Å². The van der Waals surface area contributed by atoms with Crippen LogP contribution in [0.25, 0.3) is 0 Å². The summed E-state index contributed by atoms with van der Waals surface area (Å²) in [6.45, 7) is 6.52. The Kier molecular flexibility index (Phi) is 4.85. The van der Waals surface area contributed by atoms with Crippen molar-refractivity contribution in [3.05, 3.63) is 12.7 Å². The van der Waals surface area contributed by atoms with E-state index < -0.39 is 0 Å². The number of hydrogen-bond donors (Lipinski definition) is 1. The molecular formula is C8H13N3S2. The topological polar surface area (TPSA) is 37.8 Å². The second kappa shape index (κ2) is 5.99. The van der Waals surface area contributed by atoms with Gasteiger partial charge in [-0.1, -0.05) is 36.1 Å². The van der Waals surface area contributed by atoms with Gasteiger partial charge in [0.1, 0.15) is 0 Å². The summed E-state index contributed by atoms with van der Waals surface area (Å²) in [4.78, 5) is 0. The summed E-state index contributed by atoms with van der Waals surface area (Å²) in [7, 11) is 0. The van der Waals surface area contributed by atoms with Gasteiger partial charge >= 0.3 is 0 Å². The Morgan fingerprint density at radius 3 is 3.15 bits per heavy atom. The Morgan fingerprint density at radius 1 is 1.62 bits per heavy atom. The minimum Gasteiger partial charge on any atom is -0.357 e. The van der Waals surface area contributed by atoms with E-state index in [1.54, 1.807) is 29.2 Å². The van der Waals surface area contributed by atoms with Crippen LogP contribution < -0.4 is 5.32 Å². The zero-order valence-corrected chi connectivity index (χ0v) is 9.25. The number of nitrogens with one attached hydrogen (secondary N) is 1. The van der Waals surface area contributed by atoms with Crippen molar-refractivity contribution in [2.75, 3.05) is 17.6 Å². The first-order valence-corrected chi connectivity index (χ1v) is 5.98. The van der Waals surface area contributed by atoms with E-state index in [2.05, 4.69) is 29.0 Å². The predicted octanol–water partition coefficient (Wildman–Crippen LogP) is 2.64. The van der Waals surface area contributed by atoms with Crippen LogP contribution in [-0.4, -0.2) is 22.5 Å². The first kappa shape index (κ1) is 10.5. The first-order chi connectivity index (χ1) is 6.36. The molecule has 0 saturated heterocycles. The third-order valence-electron chi connectivity index (χ3n) is 1.23. The number of anilines is 1. The van der Waals surface area contributed by atoms with Gasteiger partial charge in [0.2, 0.25) is 5.13 Å². The van der Waals surface area contributed by atoms with Gasteiger partial charge in [0, 0.05) is 12.3 Å². The predicted molar refractivity (Wildman–Crippen MR) is 59.6 cm³/mol. The molecule has 1 aromatic heterocycles. The molecule has 0 aliphatic carbocycles. The molecule has 5 heteroatoms. The second-order valence-corrected chi connectivity index (χ2v) is 4.71. The standard InChI is InChI=1S/C8H13N3S2/c1-3-5-9-7-10-11-8(13-7)12-6-4-2/h3H,1,4-6H2,2H3,(H,9,10). The zero-order valence-electron chi connectivity index (χ0n) is 7.62. The van der Waals surface area contributed by atoms with Gasteiger partial charge in [0.15, 0.2) is 4.34 Å². The van der Waals surface area contributed by atoms with Crippen LogP contribution in [0.15, 0.2) is 17.0 Å². The highest BCUT2D eigenvalue weighted by Gasteiger charge is 2.01. The minimum atomic E-state index is 0.743. The van der Waals surface area contributed by atoms with Crippen LogP contribution >= 0.6 is 23.1 Å². The van der Waals surface area contributed by atoms with Crippen molar-refractivity contribution < 1.29 is 0 Å². The highest BCUT2D eigenvalue weighted by Crippen LogP contribution is 2.25. The van der Waals surface area contributed by atoms with Crippen LogP contribution in [0, 0.1) is 0 Å². The van der Waals surface area contributed by atoms with Crippen molar-refractivity contribution in [2.24, 2.45) is 0 Å². The molecule has 0 spiro atoms. The summed E-state index contributed by atoms with van der Waals surface area (Å²) in [6, 6.07) is 0. The molecule has 0 aromatic carbocycles. The molecule has 13 heavy (non-hydrogen) atoms. The lowest BCUT2D eigenvalue weighted by Gasteiger charge is -1.92. The van der Waals surface area contributed by atoms with E-state index in [-0.39, 0.29) is 0 Å². The maximum atomic E-state index is 4.04. The van der Waals surface area contributed by atoms with Gasteiger partial charge in [-0.15, -0.1) is 16.8 Å². The highest BCUT2D eigenvalue weighted by molar-refractivity contribution is 8.01. The Bertz CT molecular complexity index is 260. The summed E-state index contributed by atoms with van der Waals surface area (Å²) >= 11 is 3.35. The third-order valence-corrected chi connectivity index (χ3v) is 3.45. The lowest BCUT2D eigenvalue weighted by atomic mass is 10.6. The molecule has 0 aliphatic heterocycles. The average Bonchev–Trinajstić information content (AvgIpc) is 2.59. The van der Waals surface area contributed by atoms with Crippen LogP contribution in [0.3, 0.4) is 0 Å². The Balaban J connectivity index is 2.38. The van der Waals surface area contributed by atoms with Gasteiger partial charge < -0.3 is 5.32 Å². The summed E-state index contributed by atoms with van der Waals surface area (Å²) in [5, 5.41) is 12.0. The van der Waals surface area contributed by atoms with Crippen molar-refractivity contribution in [2.45, 2.75) is 17.7 Å². The van der Waals surface area contributed by atoms with Crippen molar-refractivity contribution in [3.63, 3.8) is 0 Å². The SMILES string of the molecule is C=CCNc1nnc(SCCC)s1. The van der Waals surface area contributed by atoms with Crippen LogP contribution in [0.4, 0.5) is 5.13 Å². The minimum absolute atomic E-state index is 0.743. The van der Waals surface area contributed by atoms with Crippen molar-refractivity contribution >= 4 is 28.2 Å². The average molecular weight is 215 g/mol. The van der Waals surface area contributed by atoms with Gasteiger partial charge in [-0.25, -0.2) is 0 Å². The summed E-state index contributed by atoms with van der Waals surface area (Å²) < 4.78 is 1.04. The van der Waals surface area contributed by atoms with Crippen LogP contribution in [0.2, 0.25) is 0 Å². The van der Waals surface area contributed by atoms with E-state index in [1.165, 1.54) is 6.42 Å². The summed E-state index contributed by atoms with van der Waals surface area (Å²) in [5.41, 5.74) is 0. The molecule has 1 aromatic rings. The smallest absolute Gasteiger partial charge is 0.206 e.